The lowest BCUT2D eigenvalue weighted by Crippen LogP contribution is -2.48. The topological polar surface area (TPSA) is 58.6 Å². The smallest absolute Gasteiger partial charge is 0.406 e. The van der Waals surface area contributed by atoms with Gasteiger partial charge < -0.3 is 15.0 Å². The third kappa shape index (κ3) is 5.13. The summed E-state index contributed by atoms with van der Waals surface area (Å²) in [5.74, 6) is 0.330. The minimum atomic E-state index is -0.499. The molecule has 2 rings (SSSR count). The van der Waals surface area contributed by atoms with Gasteiger partial charge in [-0.2, -0.15) is 0 Å². The van der Waals surface area contributed by atoms with E-state index in [1.54, 1.807) is 0 Å². The summed E-state index contributed by atoms with van der Waals surface area (Å²) in [7, 11) is 3.19. The van der Waals surface area contributed by atoms with E-state index in [4.69, 9.17) is 11.6 Å². The Balaban J connectivity index is 1.92. The third-order valence-electron chi connectivity index (χ3n) is 5.21. The van der Waals surface area contributed by atoms with E-state index in [2.05, 4.69) is 16.1 Å². The van der Waals surface area contributed by atoms with Gasteiger partial charge in [0.25, 0.3) is 0 Å². The third-order valence-corrected chi connectivity index (χ3v) is 5.43. The number of aryl methyl sites for hydroxylation is 1. The van der Waals surface area contributed by atoms with Crippen LogP contribution in [-0.4, -0.2) is 43.6 Å². The Morgan fingerprint density at radius 3 is 2.62 bits per heavy atom. The molecule has 0 saturated heterocycles. The van der Waals surface area contributed by atoms with Crippen LogP contribution in [0.2, 0.25) is 5.02 Å². The maximum Gasteiger partial charge on any atom is 0.406 e. The van der Waals surface area contributed by atoms with Crippen molar-refractivity contribution >= 4 is 23.6 Å². The quantitative estimate of drug-likeness (QED) is 0.773. The number of alkyl carbamates (subject to hydrolysis) is 1. The molecule has 1 aliphatic rings. The first-order valence-corrected chi connectivity index (χ1v) is 9.59. The summed E-state index contributed by atoms with van der Waals surface area (Å²) in [6, 6.07) is 6.40. The Kier molecular flexibility index (Phi) is 7.33. The van der Waals surface area contributed by atoms with E-state index in [0.717, 1.165) is 36.3 Å². The van der Waals surface area contributed by atoms with E-state index in [1.165, 1.54) is 12.7 Å². The summed E-state index contributed by atoms with van der Waals surface area (Å²) < 4.78 is 4.60. The van der Waals surface area contributed by atoms with Gasteiger partial charge in [-0.05, 0) is 55.4 Å². The second kappa shape index (κ2) is 9.26. The van der Waals surface area contributed by atoms with Gasteiger partial charge in [0.15, 0.2) is 0 Å². The fourth-order valence-corrected chi connectivity index (χ4v) is 3.88. The molecule has 1 fully saturated rings. The Morgan fingerprint density at radius 1 is 1.35 bits per heavy atom. The highest BCUT2D eigenvalue weighted by atomic mass is 35.5. The van der Waals surface area contributed by atoms with Crippen LogP contribution in [0.25, 0.3) is 0 Å². The molecule has 1 saturated carbocycles. The minimum Gasteiger partial charge on any atom is -0.453 e. The number of ether oxygens (including phenoxy) is 1. The molecule has 0 aliphatic heterocycles. The maximum atomic E-state index is 12.8. The van der Waals surface area contributed by atoms with Crippen molar-refractivity contribution in [2.75, 3.05) is 20.7 Å². The first-order chi connectivity index (χ1) is 12.3. The van der Waals surface area contributed by atoms with Crippen molar-refractivity contribution in [3.05, 3.63) is 34.3 Å². The maximum absolute atomic E-state index is 12.8. The van der Waals surface area contributed by atoms with Gasteiger partial charge in [-0.15, -0.1) is 0 Å². The molecule has 0 bridgehead atoms. The highest BCUT2D eigenvalue weighted by molar-refractivity contribution is 6.30. The Hall–Kier alpha value is -1.75. The van der Waals surface area contributed by atoms with Crippen LogP contribution in [0.1, 0.15) is 49.7 Å². The minimum absolute atomic E-state index is 0.0916. The second-order valence-corrected chi connectivity index (χ2v) is 7.63. The number of methoxy groups -OCH3 is 1. The molecule has 144 valence electrons. The van der Waals surface area contributed by atoms with E-state index in [-0.39, 0.29) is 17.9 Å². The number of carbonyl (C=O) groups is 2. The van der Waals surface area contributed by atoms with Crippen LogP contribution in [0.3, 0.4) is 0 Å². The summed E-state index contributed by atoms with van der Waals surface area (Å²) in [5.41, 5.74) is 2.42. The SMILES string of the molecule is CCC[C@H](CNC(=O)OC)C(=O)N(C)C1CC(c2cc(C)cc(Cl)c2)C1. The number of carbonyl (C=O) groups excluding carboxylic acids is 2. The van der Waals surface area contributed by atoms with E-state index in [9.17, 15) is 9.59 Å². The highest BCUT2D eigenvalue weighted by Gasteiger charge is 2.37. The predicted molar refractivity (Wildman–Crippen MR) is 104 cm³/mol. The molecule has 1 aliphatic carbocycles. The van der Waals surface area contributed by atoms with Crippen LogP contribution in [0.5, 0.6) is 0 Å². The molecule has 0 aromatic heterocycles. The fraction of sp³-hybridized carbons (Fsp3) is 0.600. The van der Waals surface area contributed by atoms with Crippen LogP contribution >= 0.6 is 11.6 Å². The standard InChI is InChI=1S/C20H29ClN2O3/c1-5-6-14(12-22-20(25)26-4)19(24)23(3)18-10-16(11-18)15-7-13(2)8-17(21)9-15/h7-9,14,16,18H,5-6,10-12H2,1-4H3,(H,22,25)/t14-,16?,18?/m1/s1. The number of nitrogens with zero attached hydrogens (tertiary/aromatic N) is 1. The molecule has 0 radical (unpaired) electrons. The average Bonchev–Trinajstić information content (AvgIpc) is 2.55. The number of hydrogen-bond acceptors (Lipinski definition) is 3. The van der Waals surface area contributed by atoms with Gasteiger partial charge >= 0.3 is 6.09 Å². The molecule has 1 aromatic carbocycles. The van der Waals surface area contributed by atoms with Crippen molar-refractivity contribution in [3.63, 3.8) is 0 Å². The number of nitrogens with one attached hydrogen (secondary N) is 1. The van der Waals surface area contributed by atoms with Crippen LogP contribution in [0.4, 0.5) is 4.79 Å². The number of rotatable bonds is 7. The molecular formula is C20H29ClN2O3. The summed E-state index contributed by atoms with van der Waals surface area (Å²) >= 11 is 6.16. The second-order valence-electron chi connectivity index (χ2n) is 7.19. The molecule has 26 heavy (non-hydrogen) atoms. The Morgan fingerprint density at radius 2 is 2.04 bits per heavy atom. The number of amides is 2. The van der Waals surface area contributed by atoms with Gasteiger partial charge in [-0.25, -0.2) is 4.79 Å². The lowest BCUT2D eigenvalue weighted by atomic mass is 9.74. The average molecular weight is 381 g/mol. The van der Waals surface area contributed by atoms with Crippen molar-refractivity contribution in [2.45, 2.75) is 51.5 Å². The van der Waals surface area contributed by atoms with Crippen LogP contribution in [0.15, 0.2) is 18.2 Å². The first kappa shape index (κ1) is 20.6. The fourth-order valence-electron chi connectivity index (χ4n) is 3.58. The van der Waals surface area contributed by atoms with E-state index in [0.29, 0.717) is 12.5 Å². The van der Waals surface area contributed by atoms with E-state index >= 15 is 0 Å². The van der Waals surface area contributed by atoms with Crippen molar-refractivity contribution in [3.8, 4) is 0 Å². The van der Waals surface area contributed by atoms with Crippen molar-refractivity contribution in [1.29, 1.82) is 0 Å². The van der Waals surface area contributed by atoms with Gasteiger partial charge in [0.05, 0.1) is 13.0 Å². The summed E-state index contributed by atoms with van der Waals surface area (Å²) in [6.45, 7) is 4.40. The van der Waals surface area contributed by atoms with Gasteiger partial charge in [-0.3, -0.25) is 4.79 Å². The van der Waals surface area contributed by atoms with Crippen LogP contribution in [-0.2, 0) is 9.53 Å². The van der Waals surface area contributed by atoms with Crippen molar-refractivity contribution in [2.24, 2.45) is 5.92 Å². The zero-order valence-electron chi connectivity index (χ0n) is 16.0. The van der Waals surface area contributed by atoms with Crippen LogP contribution in [0, 0.1) is 12.8 Å². The lowest BCUT2D eigenvalue weighted by molar-refractivity contribution is -0.138. The lowest BCUT2D eigenvalue weighted by Gasteiger charge is -2.42. The molecule has 2 amide bonds. The van der Waals surface area contributed by atoms with Gasteiger partial charge in [0, 0.05) is 24.7 Å². The summed E-state index contributed by atoms with van der Waals surface area (Å²) in [6.07, 6.45) is 3.04. The molecule has 1 atom stereocenters. The normalized spacial score (nSPS) is 20.0. The predicted octanol–water partition coefficient (Wildman–Crippen LogP) is 4.13. The van der Waals surface area contributed by atoms with Crippen molar-refractivity contribution in [1.82, 2.24) is 10.2 Å². The van der Waals surface area contributed by atoms with Gasteiger partial charge in [-0.1, -0.05) is 31.0 Å². The van der Waals surface area contributed by atoms with Crippen LogP contribution < -0.4 is 5.32 Å². The summed E-state index contributed by atoms with van der Waals surface area (Å²) in [4.78, 5) is 26.0. The monoisotopic (exact) mass is 380 g/mol. The number of benzene rings is 1. The first-order valence-electron chi connectivity index (χ1n) is 9.21. The molecule has 1 aromatic rings. The molecule has 0 unspecified atom stereocenters. The Labute approximate surface area is 161 Å². The summed E-state index contributed by atoms with van der Waals surface area (Å²) in [5, 5.41) is 3.42. The van der Waals surface area contributed by atoms with Gasteiger partial charge in [0.2, 0.25) is 5.91 Å². The number of hydrogen-bond donors (Lipinski definition) is 1. The molecule has 0 heterocycles. The number of halogens is 1. The molecule has 0 spiro atoms. The zero-order valence-corrected chi connectivity index (χ0v) is 16.8. The van der Waals surface area contributed by atoms with E-state index in [1.807, 2.05) is 37.9 Å². The highest BCUT2D eigenvalue weighted by Crippen LogP contribution is 2.40. The Bertz CT molecular complexity index is 624. The largest absolute Gasteiger partial charge is 0.453 e. The zero-order chi connectivity index (χ0) is 19.3. The molecular weight excluding hydrogens is 352 g/mol. The molecule has 5 nitrogen and oxygen atoms in total. The van der Waals surface area contributed by atoms with Gasteiger partial charge in [0.1, 0.15) is 0 Å². The van der Waals surface area contributed by atoms with E-state index < -0.39 is 6.09 Å². The molecule has 6 heteroatoms. The molecule has 1 N–H and O–H groups in total. The van der Waals surface area contributed by atoms with Crippen molar-refractivity contribution < 1.29 is 14.3 Å².